The fraction of sp³-hybridized carbons (Fsp3) is 0.381. The number of ether oxygens (including phenoxy) is 2. The molecule has 10 heteroatoms. The molecule has 2 heterocycles. The van der Waals surface area contributed by atoms with Crippen LogP contribution in [0.15, 0.2) is 52.1 Å². The van der Waals surface area contributed by atoms with Gasteiger partial charge in [-0.15, -0.1) is 24.0 Å². The van der Waals surface area contributed by atoms with Crippen LogP contribution in [0, 0.1) is 0 Å². The maximum atomic E-state index is 5.75. The number of anilines is 1. The van der Waals surface area contributed by atoms with Gasteiger partial charge in [-0.3, -0.25) is 10.1 Å². The first kappa shape index (κ1) is 24.7. The smallest absolute Gasteiger partial charge is 0.216 e. The third kappa shape index (κ3) is 8.21. The summed E-state index contributed by atoms with van der Waals surface area (Å²) < 4.78 is 16.1. The Bertz CT molecular complexity index is 913. The van der Waals surface area contributed by atoms with E-state index < -0.39 is 0 Å². The molecule has 1 aromatic carbocycles. The molecule has 0 saturated carbocycles. The lowest BCUT2D eigenvalue weighted by Crippen LogP contribution is -2.30. The van der Waals surface area contributed by atoms with Crippen molar-refractivity contribution in [2.24, 2.45) is 4.99 Å². The van der Waals surface area contributed by atoms with Crippen molar-refractivity contribution in [3.05, 3.63) is 48.5 Å². The lowest BCUT2D eigenvalue weighted by Gasteiger charge is -2.12. The SMILES string of the molecule is CCNC(=NCCc1nc(-c2ccco2)n[nH]1)Nc1cccc(OCCCOC)c1.I. The molecule has 3 N–H and O–H groups in total. The van der Waals surface area contributed by atoms with Crippen molar-refractivity contribution in [1.82, 2.24) is 20.5 Å². The maximum Gasteiger partial charge on any atom is 0.216 e. The van der Waals surface area contributed by atoms with Gasteiger partial charge in [-0.05, 0) is 31.2 Å². The van der Waals surface area contributed by atoms with Crippen LogP contribution in [0.2, 0.25) is 0 Å². The van der Waals surface area contributed by atoms with Crippen LogP contribution in [0.1, 0.15) is 19.2 Å². The van der Waals surface area contributed by atoms with Crippen molar-refractivity contribution < 1.29 is 13.9 Å². The summed E-state index contributed by atoms with van der Waals surface area (Å²) in [6.45, 7) is 4.63. The van der Waals surface area contributed by atoms with Gasteiger partial charge in [0.2, 0.25) is 5.82 Å². The zero-order valence-electron chi connectivity index (χ0n) is 17.8. The third-order valence-electron chi connectivity index (χ3n) is 4.09. The van der Waals surface area contributed by atoms with Crippen molar-refractivity contribution in [3.8, 4) is 17.3 Å². The fourth-order valence-corrected chi connectivity index (χ4v) is 2.70. The zero-order valence-corrected chi connectivity index (χ0v) is 20.1. The molecular weight excluding hydrogens is 511 g/mol. The number of nitrogens with one attached hydrogen (secondary N) is 3. The molecule has 0 aliphatic carbocycles. The van der Waals surface area contributed by atoms with Crippen molar-refractivity contribution in [3.63, 3.8) is 0 Å². The summed E-state index contributed by atoms with van der Waals surface area (Å²) >= 11 is 0. The number of H-pyrrole nitrogens is 1. The maximum absolute atomic E-state index is 5.75. The van der Waals surface area contributed by atoms with Gasteiger partial charge in [0.1, 0.15) is 11.6 Å². The van der Waals surface area contributed by atoms with Crippen LogP contribution in [0.3, 0.4) is 0 Å². The summed E-state index contributed by atoms with van der Waals surface area (Å²) in [6.07, 6.45) is 3.08. The predicted molar refractivity (Wildman–Crippen MR) is 131 cm³/mol. The summed E-state index contributed by atoms with van der Waals surface area (Å²) in [5, 5.41) is 13.7. The summed E-state index contributed by atoms with van der Waals surface area (Å²) in [5.41, 5.74) is 0.902. The molecule has 168 valence electrons. The van der Waals surface area contributed by atoms with Crippen LogP contribution < -0.4 is 15.4 Å². The quantitative estimate of drug-likeness (QED) is 0.147. The van der Waals surface area contributed by atoms with E-state index in [1.165, 1.54) is 0 Å². The molecule has 0 atom stereocenters. The van der Waals surface area contributed by atoms with Gasteiger partial charge in [-0.2, -0.15) is 5.10 Å². The number of furan rings is 1. The Balaban J connectivity index is 0.00000341. The lowest BCUT2D eigenvalue weighted by molar-refractivity contribution is 0.172. The van der Waals surface area contributed by atoms with Crippen LogP contribution >= 0.6 is 24.0 Å². The van der Waals surface area contributed by atoms with E-state index >= 15 is 0 Å². The van der Waals surface area contributed by atoms with Gasteiger partial charge >= 0.3 is 0 Å². The Hall–Kier alpha value is -2.60. The molecule has 3 aromatic rings. The van der Waals surface area contributed by atoms with Crippen LogP contribution in [0.25, 0.3) is 11.6 Å². The highest BCUT2D eigenvalue weighted by atomic mass is 127. The average Bonchev–Trinajstić information content (AvgIpc) is 3.44. The zero-order chi connectivity index (χ0) is 21.0. The second-order valence-corrected chi connectivity index (χ2v) is 6.44. The molecule has 31 heavy (non-hydrogen) atoms. The number of aromatic nitrogens is 3. The summed E-state index contributed by atoms with van der Waals surface area (Å²) in [5.74, 6) is 3.44. The normalized spacial score (nSPS) is 11.1. The number of benzene rings is 1. The van der Waals surface area contributed by atoms with Crippen molar-refractivity contribution in [2.45, 2.75) is 19.8 Å². The van der Waals surface area contributed by atoms with E-state index in [1.807, 2.05) is 43.3 Å². The molecule has 0 radical (unpaired) electrons. The molecule has 3 rings (SSSR count). The Morgan fingerprint density at radius 1 is 1.23 bits per heavy atom. The molecule has 0 unspecified atom stereocenters. The van der Waals surface area contributed by atoms with Gasteiger partial charge in [0.05, 0.1) is 12.9 Å². The second kappa shape index (κ2) is 13.7. The van der Waals surface area contributed by atoms with E-state index in [0.717, 1.165) is 30.2 Å². The monoisotopic (exact) mass is 540 g/mol. The average molecular weight is 540 g/mol. The van der Waals surface area contributed by atoms with E-state index in [4.69, 9.17) is 13.9 Å². The van der Waals surface area contributed by atoms with Crippen LogP contribution in [0.4, 0.5) is 5.69 Å². The van der Waals surface area contributed by atoms with E-state index in [1.54, 1.807) is 13.4 Å². The van der Waals surface area contributed by atoms with Crippen molar-refractivity contribution >= 4 is 35.6 Å². The number of aliphatic imine (C=N–C) groups is 1. The summed E-state index contributed by atoms with van der Waals surface area (Å²) in [7, 11) is 1.69. The highest BCUT2D eigenvalue weighted by molar-refractivity contribution is 14.0. The Morgan fingerprint density at radius 3 is 2.90 bits per heavy atom. The van der Waals surface area contributed by atoms with Gasteiger partial charge in [0, 0.05) is 51.4 Å². The number of methoxy groups -OCH3 is 1. The van der Waals surface area contributed by atoms with E-state index in [2.05, 4.69) is 30.8 Å². The van der Waals surface area contributed by atoms with Gasteiger partial charge in [0.15, 0.2) is 11.7 Å². The largest absolute Gasteiger partial charge is 0.493 e. The number of rotatable bonds is 11. The number of aromatic amines is 1. The minimum Gasteiger partial charge on any atom is -0.493 e. The second-order valence-electron chi connectivity index (χ2n) is 6.44. The number of hydrogen-bond donors (Lipinski definition) is 3. The molecule has 2 aromatic heterocycles. The minimum atomic E-state index is 0. The number of guanidine groups is 1. The van der Waals surface area contributed by atoms with Gasteiger partial charge in [-0.25, -0.2) is 4.98 Å². The number of nitrogens with zero attached hydrogens (tertiary/aromatic N) is 3. The van der Waals surface area contributed by atoms with E-state index in [0.29, 0.717) is 43.7 Å². The van der Waals surface area contributed by atoms with E-state index in [9.17, 15) is 0 Å². The first-order valence-electron chi connectivity index (χ1n) is 10.0. The first-order chi connectivity index (χ1) is 14.8. The van der Waals surface area contributed by atoms with Crippen LogP contribution in [-0.4, -0.2) is 54.6 Å². The molecule has 0 amide bonds. The number of halogens is 1. The van der Waals surface area contributed by atoms with Crippen LogP contribution in [-0.2, 0) is 11.2 Å². The molecule has 0 aliphatic rings. The van der Waals surface area contributed by atoms with Crippen molar-refractivity contribution in [2.75, 3.05) is 38.7 Å². The predicted octanol–water partition coefficient (Wildman–Crippen LogP) is 3.72. The van der Waals surface area contributed by atoms with E-state index in [-0.39, 0.29) is 24.0 Å². The minimum absolute atomic E-state index is 0. The van der Waals surface area contributed by atoms with Gasteiger partial charge in [0.25, 0.3) is 0 Å². The molecule has 0 fully saturated rings. The highest BCUT2D eigenvalue weighted by Gasteiger charge is 2.08. The Labute approximate surface area is 199 Å². The van der Waals surface area contributed by atoms with Crippen LogP contribution in [0.5, 0.6) is 5.75 Å². The highest BCUT2D eigenvalue weighted by Crippen LogP contribution is 2.18. The third-order valence-corrected chi connectivity index (χ3v) is 4.09. The molecule has 0 spiro atoms. The first-order valence-corrected chi connectivity index (χ1v) is 10.0. The molecule has 0 saturated heterocycles. The standard InChI is InChI=1S/C21H28N6O3.HI/c1-3-22-21(24-16-7-4-8-17(15-16)29-14-6-12-28-2)23-11-10-19-25-20(27-26-19)18-9-5-13-30-18;/h4-5,7-9,13,15H,3,6,10-12,14H2,1-2H3,(H2,22,23,24)(H,25,26,27);1H. The molecule has 0 bridgehead atoms. The molecule has 0 aliphatic heterocycles. The summed E-state index contributed by atoms with van der Waals surface area (Å²) in [4.78, 5) is 9.05. The van der Waals surface area contributed by atoms with Crippen molar-refractivity contribution in [1.29, 1.82) is 0 Å². The Kier molecular flexibility index (Phi) is 10.9. The van der Waals surface area contributed by atoms with Gasteiger partial charge < -0.3 is 24.5 Å². The lowest BCUT2D eigenvalue weighted by atomic mass is 10.3. The topological polar surface area (TPSA) is 110 Å². The molecular formula is C21H29IN6O3. The fourth-order valence-electron chi connectivity index (χ4n) is 2.70. The molecule has 9 nitrogen and oxygen atoms in total. The summed E-state index contributed by atoms with van der Waals surface area (Å²) in [6, 6.07) is 11.4. The number of hydrogen-bond acceptors (Lipinski definition) is 6. The Morgan fingerprint density at radius 2 is 2.13 bits per heavy atom. The van der Waals surface area contributed by atoms with Gasteiger partial charge in [-0.1, -0.05) is 6.07 Å².